The van der Waals surface area contributed by atoms with Crippen molar-refractivity contribution in [1.82, 2.24) is 4.98 Å². The fraction of sp³-hybridized carbons (Fsp3) is 0.125. The second kappa shape index (κ2) is 3.69. The summed E-state index contributed by atoms with van der Waals surface area (Å²) in [6, 6.07) is 3.89. The predicted molar refractivity (Wildman–Crippen MR) is 62.9 cm³/mol. The van der Waals surface area contributed by atoms with Crippen molar-refractivity contribution in [2.75, 3.05) is 0 Å². The molecule has 0 radical (unpaired) electrons. The molecule has 0 N–H and O–H groups in total. The Balaban J connectivity index is 2.46. The van der Waals surface area contributed by atoms with Gasteiger partial charge in [0.15, 0.2) is 0 Å². The van der Waals surface area contributed by atoms with E-state index in [4.69, 9.17) is 11.6 Å². The molecular formula is C8H5BrClNS2. The molecule has 0 bridgehead atoms. The highest BCUT2D eigenvalue weighted by molar-refractivity contribution is 9.11. The minimum Gasteiger partial charge on any atom is -0.239 e. The molecule has 0 unspecified atom stereocenters. The lowest BCUT2D eigenvalue weighted by molar-refractivity contribution is 1.26. The first-order valence-corrected chi connectivity index (χ1v) is 6.36. The lowest BCUT2D eigenvalue weighted by Gasteiger charge is -1.85. The SMILES string of the molecule is Cc1nc(-c2ccc(Cl)s2)sc1Br. The van der Waals surface area contributed by atoms with E-state index in [1.54, 1.807) is 22.7 Å². The van der Waals surface area contributed by atoms with Gasteiger partial charge in [-0.1, -0.05) is 11.6 Å². The van der Waals surface area contributed by atoms with Crippen LogP contribution in [-0.4, -0.2) is 4.98 Å². The molecule has 1 nitrogen and oxygen atoms in total. The van der Waals surface area contributed by atoms with Gasteiger partial charge < -0.3 is 0 Å². The van der Waals surface area contributed by atoms with Crippen LogP contribution in [0.15, 0.2) is 15.9 Å². The molecule has 2 aromatic heterocycles. The normalized spacial score (nSPS) is 10.7. The van der Waals surface area contributed by atoms with Gasteiger partial charge in [0, 0.05) is 0 Å². The summed E-state index contributed by atoms with van der Waals surface area (Å²) in [5, 5.41) is 1.03. The van der Waals surface area contributed by atoms with Crippen LogP contribution in [0.25, 0.3) is 9.88 Å². The third-order valence-electron chi connectivity index (χ3n) is 1.52. The van der Waals surface area contributed by atoms with Crippen molar-refractivity contribution >= 4 is 50.2 Å². The first-order chi connectivity index (χ1) is 6.16. The van der Waals surface area contributed by atoms with E-state index < -0.39 is 0 Å². The van der Waals surface area contributed by atoms with Gasteiger partial charge >= 0.3 is 0 Å². The Kier molecular flexibility index (Phi) is 2.74. The first-order valence-electron chi connectivity index (χ1n) is 3.55. The van der Waals surface area contributed by atoms with Crippen LogP contribution in [0.5, 0.6) is 0 Å². The zero-order valence-corrected chi connectivity index (χ0v) is 10.6. The molecule has 0 amide bonds. The Labute approximate surface area is 97.5 Å². The molecular weight excluding hydrogens is 290 g/mol. The summed E-state index contributed by atoms with van der Waals surface area (Å²) in [4.78, 5) is 5.55. The van der Waals surface area contributed by atoms with Crippen molar-refractivity contribution < 1.29 is 0 Å². The van der Waals surface area contributed by atoms with Crippen LogP contribution in [0.1, 0.15) is 5.69 Å². The fourth-order valence-corrected chi connectivity index (χ4v) is 3.35. The second-order valence-electron chi connectivity index (χ2n) is 2.48. The zero-order chi connectivity index (χ0) is 9.42. The number of thiazole rings is 1. The van der Waals surface area contributed by atoms with Gasteiger partial charge in [-0.05, 0) is 35.0 Å². The maximum absolute atomic E-state index is 5.84. The lowest BCUT2D eigenvalue weighted by Crippen LogP contribution is -1.70. The molecule has 0 aliphatic carbocycles. The van der Waals surface area contributed by atoms with Crippen molar-refractivity contribution in [3.63, 3.8) is 0 Å². The maximum atomic E-state index is 5.84. The van der Waals surface area contributed by atoms with E-state index in [2.05, 4.69) is 20.9 Å². The number of hydrogen-bond acceptors (Lipinski definition) is 3. The number of thiophene rings is 1. The number of rotatable bonds is 1. The number of aryl methyl sites for hydroxylation is 1. The molecule has 0 aromatic carbocycles. The van der Waals surface area contributed by atoms with Crippen LogP contribution in [0.4, 0.5) is 0 Å². The molecule has 0 aliphatic heterocycles. The molecule has 0 fully saturated rings. The van der Waals surface area contributed by atoms with E-state index in [9.17, 15) is 0 Å². The van der Waals surface area contributed by atoms with Gasteiger partial charge in [0.25, 0.3) is 0 Å². The van der Waals surface area contributed by atoms with Crippen LogP contribution < -0.4 is 0 Å². The Morgan fingerprint density at radius 3 is 2.62 bits per heavy atom. The Hall–Kier alpha value is 0.1000. The number of aromatic nitrogens is 1. The molecule has 2 aromatic rings. The molecule has 0 saturated carbocycles. The van der Waals surface area contributed by atoms with Crippen LogP contribution in [0.2, 0.25) is 4.34 Å². The van der Waals surface area contributed by atoms with E-state index in [-0.39, 0.29) is 0 Å². The fourth-order valence-electron chi connectivity index (χ4n) is 0.912. The molecule has 0 atom stereocenters. The summed E-state index contributed by atoms with van der Waals surface area (Å²) in [7, 11) is 0. The standard InChI is InChI=1S/C8H5BrClNS2/c1-4-7(9)13-8(11-4)5-2-3-6(10)12-5/h2-3H,1H3. The Morgan fingerprint density at radius 1 is 1.38 bits per heavy atom. The highest BCUT2D eigenvalue weighted by Crippen LogP contribution is 2.36. The number of nitrogens with zero attached hydrogens (tertiary/aromatic N) is 1. The van der Waals surface area contributed by atoms with E-state index >= 15 is 0 Å². The quantitative estimate of drug-likeness (QED) is 0.749. The van der Waals surface area contributed by atoms with Gasteiger partial charge in [0.1, 0.15) is 5.01 Å². The first kappa shape index (κ1) is 9.65. The van der Waals surface area contributed by atoms with Crippen molar-refractivity contribution in [1.29, 1.82) is 0 Å². The van der Waals surface area contributed by atoms with E-state index in [1.165, 1.54) is 0 Å². The van der Waals surface area contributed by atoms with Crippen molar-refractivity contribution in [3.8, 4) is 9.88 Å². The lowest BCUT2D eigenvalue weighted by atomic mass is 10.5. The molecule has 13 heavy (non-hydrogen) atoms. The predicted octanol–water partition coefficient (Wildman–Crippen LogP) is 4.60. The average molecular weight is 295 g/mol. The molecule has 2 rings (SSSR count). The van der Waals surface area contributed by atoms with Crippen molar-refractivity contribution in [2.45, 2.75) is 6.92 Å². The van der Waals surface area contributed by atoms with Crippen LogP contribution in [0, 0.1) is 6.92 Å². The molecule has 0 spiro atoms. The topological polar surface area (TPSA) is 12.9 Å². The largest absolute Gasteiger partial charge is 0.239 e. The van der Waals surface area contributed by atoms with Crippen LogP contribution in [-0.2, 0) is 0 Å². The van der Waals surface area contributed by atoms with Gasteiger partial charge in [-0.3, -0.25) is 0 Å². The summed E-state index contributed by atoms with van der Waals surface area (Å²) in [5.41, 5.74) is 1.03. The molecule has 0 aliphatic rings. The van der Waals surface area contributed by atoms with Crippen LogP contribution >= 0.6 is 50.2 Å². The van der Waals surface area contributed by atoms with Gasteiger partial charge in [0.2, 0.25) is 0 Å². The van der Waals surface area contributed by atoms with Gasteiger partial charge in [-0.2, -0.15) is 0 Å². The summed E-state index contributed by atoms with van der Waals surface area (Å²) in [6.45, 7) is 1.99. The molecule has 68 valence electrons. The highest BCUT2D eigenvalue weighted by Gasteiger charge is 2.08. The minimum atomic E-state index is 0.805. The van der Waals surface area contributed by atoms with Gasteiger partial charge in [-0.15, -0.1) is 22.7 Å². The summed E-state index contributed by atoms with van der Waals surface area (Å²) >= 11 is 12.5. The zero-order valence-electron chi connectivity index (χ0n) is 6.67. The second-order valence-corrected chi connectivity index (χ2v) is 6.51. The van der Waals surface area contributed by atoms with Crippen molar-refractivity contribution in [2.24, 2.45) is 0 Å². The van der Waals surface area contributed by atoms with Crippen LogP contribution in [0.3, 0.4) is 0 Å². The summed E-state index contributed by atoms with van der Waals surface area (Å²) < 4.78 is 1.89. The van der Waals surface area contributed by atoms with E-state index in [0.717, 1.165) is 23.7 Å². The monoisotopic (exact) mass is 293 g/mol. The van der Waals surface area contributed by atoms with Crippen molar-refractivity contribution in [3.05, 3.63) is 25.9 Å². The third-order valence-corrected chi connectivity index (χ3v) is 4.93. The average Bonchev–Trinajstić information content (AvgIpc) is 2.61. The maximum Gasteiger partial charge on any atom is 0.134 e. The summed E-state index contributed by atoms with van der Waals surface area (Å²) in [6.07, 6.45) is 0. The molecule has 5 heteroatoms. The van der Waals surface area contributed by atoms with E-state index in [1.807, 2.05) is 19.1 Å². The highest BCUT2D eigenvalue weighted by atomic mass is 79.9. The van der Waals surface area contributed by atoms with Gasteiger partial charge in [-0.25, -0.2) is 4.98 Å². The smallest absolute Gasteiger partial charge is 0.134 e. The van der Waals surface area contributed by atoms with E-state index in [0.29, 0.717) is 0 Å². The van der Waals surface area contributed by atoms with Gasteiger partial charge in [0.05, 0.1) is 18.7 Å². The third kappa shape index (κ3) is 1.96. The minimum absolute atomic E-state index is 0.805. The Bertz CT molecular complexity index is 416. The Morgan fingerprint density at radius 2 is 2.15 bits per heavy atom. The molecule has 0 saturated heterocycles. The number of halogens is 2. The number of hydrogen-bond donors (Lipinski definition) is 0. The summed E-state index contributed by atoms with van der Waals surface area (Å²) in [5.74, 6) is 0. The molecule has 2 heterocycles.